The van der Waals surface area contributed by atoms with Gasteiger partial charge in [0, 0.05) is 13.1 Å². The van der Waals surface area contributed by atoms with E-state index in [2.05, 4.69) is 15.0 Å². The van der Waals surface area contributed by atoms with Crippen LogP contribution in [0.25, 0.3) is 0 Å². The fourth-order valence-electron chi connectivity index (χ4n) is 3.35. The van der Waals surface area contributed by atoms with Crippen LogP contribution in [0.4, 0.5) is 30.4 Å². The maximum Gasteiger partial charge on any atom is 0.433 e. The number of alkyl halides is 3. The largest absolute Gasteiger partial charge is 0.433 e. The fraction of sp³-hybridized carbons (Fsp3) is 0.400. The maximum absolute atomic E-state index is 13.1. The van der Waals surface area contributed by atoms with Gasteiger partial charge in [-0.25, -0.2) is 13.4 Å². The molecule has 32 heavy (non-hydrogen) atoms. The van der Waals surface area contributed by atoms with Gasteiger partial charge in [-0.3, -0.25) is 9.52 Å². The van der Waals surface area contributed by atoms with Crippen LogP contribution in [0.15, 0.2) is 30.3 Å². The van der Waals surface area contributed by atoms with Crippen molar-refractivity contribution in [3.63, 3.8) is 0 Å². The molecule has 1 aliphatic heterocycles. The van der Waals surface area contributed by atoms with Crippen molar-refractivity contribution in [1.82, 2.24) is 4.98 Å². The van der Waals surface area contributed by atoms with E-state index in [1.807, 2.05) is 0 Å². The van der Waals surface area contributed by atoms with Crippen LogP contribution in [-0.2, 0) is 21.0 Å². The van der Waals surface area contributed by atoms with Crippen molar-refractivity contribution in [2.24, 2.45) is 0 Å². The Balaban J connectivity index is 1.84. The van der Waals surface area contributed by atoms with E-state index < -0.39 is 33.7 Å². The molecular weight excluding hydrogens is 469 g/mol. The average Bonchev–Trinajstić information content (AvgIpc) is 3.22. The summed E-state index contributed by atoms with van der Waals surface area (Å²) < 4.78 is 64.5. The first kappa shape index (κ1) is 24.1. The molecule has 1 saturated heterocycles. The van der Waals surface area contributed by atoms with Gasteiger partial charge in [0.15, 0.2) is 5.82 Å². The summed E-state index contributed by atoms with van der Waals surface area (Å²) in [6, 6.07) is 6.50. The van der Waals surface area contributed by atoms with Gasteiger partial charge in [0.2, 0.25) is 15.9 Å². The molecule has 1 unspecified atom stereocenters. The Morgan fingerprint density at radius 1 is 1.16 bits per heavy atom. The fourth-order valence-corrected chi connectivity index (χ4v) is 4.22. The number of hydrogen-bond donors (Lipinski definition) is 2. The minimum atomic E-state index is -4.59. The molecule has 0 radical (unpaired) electrons. The molecule has 1 fully saturated rings. The smallest absolute Gasteiger partial charge is 0.355 e. The van der Waals surface area contributed by atoms with Crippen molar-refractivity contribution in [3.8, 4) is 0 Å². The van der Waals surface area contributed by atoms with E-state index in [9.17, 15) is 26.4 Å². The summed E-state index contributed by atoms with van der Waals surface area (Å²) in [6.07, 6.45) is -1.95. The Kier molecular flexibility index (Phi) is 6.89. The second kappa shape index (κ2) is 9.14. The molecule has 1 aromatic heterocycles. The van der Waals surface area contributed by atoms with Crippen LogP contribution in [-0.4, -0.2) is 38.7 Å². The normalized spacial score (nSPS) is 15.5. The van der Waals surface area contributed by atoms with Crippen molar-refractivity contribution in [3.05, 3.63) is 46.6 Å². The third-order valence-corrected chi connectivity index (χ3v) is 5.91. The van der Waals surface area contributed by atoms with E-state index in [0.29, 0.717) is 18.7 Å². The number of aromatic nitrogens is 1. The van der Waals surface area contributed by atoms with Crippen LogP contribution in [0.3, 0.4) is 0 Å². The number of nitrogens with one attached hydrogen (secondary N) is 2. The number of pyridine rings is 1. The van der Waals surface area contributed by atoms with Crippen LogP contribution in [0.2, 0.25) is 5.02 Å². The molecule has 2 N–H and O–H groups in total. The number of anilines is 3. The summed E-state index contributed by atoms with van der Waals surface area (Å²) in [5, 5.41) is 2.78. The number of nitrogens with zero attached hydrogens (tertiary/aromatic N) is 2. The minimum absolute atomic E-state index is 0.0867. The van der Waals surface area contributed by atoms with E-state index >= 15 is 0 Å². The average molecular weight is 491 g/mol. The Hall–Kier alpha value is -2.53. The number of rotatable bonds is 6. The second-order valence-corrected chi connectivity index (χ2v) is 9.74. The van der Waals surface area contributed by atoms with Gasteiger partial charge in [-0.2, -0.15) is 13.2 Å². The number of sulfonamides is 1. The van der Waals surface area contributed by atoms with Crippen LogP contribution < -0.4 is 14.9 Å². The molecule has 0 bridgehead atoms. The van der Waals surface area contributed by atoms with Gasteiger partial charge >= 0.3 is 6.18 Å². The van der Waals surface area contributed by atoms with Gasteiger partial charge in [-0.1, -0.05) is 17.7 Å². The van der Waals surface area contributed by atoms with Gasteiger partial charge < -0.3 is 10.2 Å². The molecule has 2 aromatic rings. The summed E-state index contributed by atoms with van der Waals surface area (Å²) in [6.45, 7) is 2.71. The number of carbonyl (C=O) groups is 1. The maximum atomic E-state index is 13.1. The van der Waals surface area contributed by atoms with E-state index in [-0.39, 0.29) is 22.2 Å². The van der Waals surface area contributed by atoms with Gasteiger partial charge in [-0.05, 0) is 49.6 Å². The Bertz CT molecular complexity index is 1120. The highest BCUT2D eigenvalue weighted by Crippen LogP contribution is 2.35. The topological polar surface area (TPSA) is 91.4 Å². The van der Waals surface area contributed by atoms with Crippen LogP contribution in [0.1, 0.15) is 36.9 Å². The summed E-state index contributed by atoms with van der Waals surface area (Å²) in [4.78, 5) is 18.3. The molecule has 7 nitrogen and oxygen atoms in total. The summed E-state index contributed by atoms with van der Waals surface area (Å²) in [5.41, 5.74) is -0.146. The lowest BCUT2D eigenvalue weighted by atomic mass is 10.00. The molecule has 174 valence electrons. The van der Waals surface area contributed by atoms with Crippen LogP contribution in [0, 0.1) is 0 Å². The van der Waals surface area contributed by atoms with E-state index in [4.69, 9.17) is 11.6 Å². The zero-order chi connectivity index (χ0) is 23.7. The van der Waals surface area contributed by atoms with Crippen LogP contribution in [0.5, 0.6) is 0 Å². The monoisotopic (exact) mass is 490 g/mol. The lowest BCUT2D eigenvalue weighted by Gasteiger charge is -2.22. The molecule has 1 aromatic carbocycles. The highest BCUT2D eigenvalue weighted by atomic mass is 35.5. The van der Waals surface area contributed by atoms with Crippen molar-refractivity contribution >= 4 is 44.7 Å². The molecule has 0 aliphatic carbocycles. The molecule has 0 spiro atoms. The minimum Gasteiger partial charge on any atom is -0.355 e. The molecule has 1 atom stereocenters. The number of hydrogen-bond acceptors (Lipinski definition) is 5. The zero-order valence-corrected chi connectivity index (χ0v) is 18.9. The van der Waals surface area contributed by atoms with Gasteiger partial charge in [0.05, 0.1) is 28.6 Å². The van der Waals surface area contributed by atoms with Crippen molar-refractivity contribution < 1.29 is 26.4 Å². The summed E-state index contributed by atoms with van der Waals surface area (Å²) in [5.74, 6) is -1.09. The first-order valence-electron chi connectivity index (χ1n) is 9.76. The molecule has 12 heteroatoms. The second-order valence-electron chi connectivity index (χ2n) is 7.58. The highest BCUT2D eigenvalue weighted by molar-refractivity contribution is 7.92. The third-order valence-electron chi connectivity index (χ3n) is 5.01. The summed E-state index contributed by atoms with van der Waals surface area (Å²) in [7, 11) is -3.52. The lowest BCUT2D eigenvalue weighted by molar-refractivity contribution is -0.141. The van der Waals surface area contributed by atoms with Gasteiger partial charge in [0.1, 0.15) is 5.69 Å². The number of carbonyl (C=O) groups excluding carboxylic acids is 1. The van der Waals surface area contributed by atoms with Crippen molar-refractivity contribution in [2.75, 3.05) is 34.3 Å². The zero-order valence-electron chi connectivity index (χ0n) is 17.3. The number of amides is 1. The predicted octanol–water partition coefficient (Wildman–Crippen LogP) is 4.47. The molecule has 0 saturated carbocycles. The molecule has 1 aliphatic rings. The first-order valence-corrected chi connectivity index (χ1v) is 12.0. The predicted molar refractivity (Wildman–Crippen MR) is 118 cm³/mol. The standard InChI is InChI=1S/C20H22ClF3N4O3S/c1-12(13-5-6-15(14(21)11-13)27-32(2,30)31)19(29)25-16-7-8-17(20(22,23)24)26-18(16)28-9-3-4-10-28/h5-8,11-12,27H,3-4,9-10H2,1-2H3,(H,25,29). The van der Waals surface area contributed by atoms with Crippen LogP contribution >= 0.6 is 11.6 Å². The molecule has 1 amide bonds. The number of halogens is 4. The van der Waals surface area contributed by atoms with E-state index in [1.165, 1.54) is 18.2 Å². The van der Waals surface area contributed by atoms with Crippen molar-refractivity contribution in [1.29, 1.82) is 0 Å². The lowest BCUT2D eigenvalue weighted by Crippen LogP contribution is -2.25. The first-order chi connectivity index (χ1) is 14.8. The number of benzene rings is 1. The Labute approximate surface area is 189 Å². The molecule has 2 heterocycles. The van der Waals surface area contributed by atoms with Gasteiger partial charge in [-0.15, -0.1) is 0 Å². The highest BCUT2D eigenvalue weighted by Gasteiger charge is 2.34. The van der Waals surface area contributed by atoms with Gasteiger partial charge in [0.25, 0.3) is 0 Å². The molecule has 3 rings (SSSR count). The van der Waals surface area contributed by atoms with E-state index in [0.717, 1.165) is 25.2 Å². The summed E-state index contributed by atoms with van der Waals surface area (Å²) >= 11 is 6.13. The Morgan fingerprint density at radius 2 is 1.78 bits per heavy atom. The quantitative estimate of drug-likeness (QED) is 0.623. The van der Waals surface area contributed by atoms with E-state index in [1.54, 1.807) is 17.9 Å². The Morgan fingerprint density at radius 3 is 2.34 bits per heavy atom. The SMILES string of the molecule is CC(C(=O)Nc1ccc(C(F)(F)F)nc1N1CCCC1)c1ccc(NS(C)(=O)=O)c(Cl)c1. The van der Waals surface area contributed by atoms with Crippen molar-refractivity contribution in [2.45, 2.75) is 31.9 Å². The third kappa shape index (κ3) is 5.83. The molecular formula is C20H22ClF3N4O3S.